The van der Waals surface area contributed by atoms with Crippen LogP contribution >= 0.6 is 0 Å². The molecule has 100 valence electrons. The summed E-state index contributed by atoms with van der Waals surface area (Å²) in [5, 5.41) is 2.35. The molecule has 0 spiro atoms. The molecular weight excluding hydrogens is 244 g/mol. The van der Waals surface area contributed by atoms with E-state index in [0.717, 1.165) is 17.5 Å². The number of hydrogen-bond acceptors (Lipinski definition) is 4. The number of anilines is 1. The molecule has 1 N–H and O–H groups in total. The third-order valence-electron chi connectivity index (χ3n) is 3.31. The van der Waals surface area contributed by atoms with Crippen molar-refractivity contribution >= 4 is 23.8 Å². The average Bonchev–Trinajstić information content (AvgIpc) is 2.37. The van der Waals surface area contributed by atoms with Crippen molar-refractivity contribution in [2.45, 2.75) is 26.3 Å². The Morgan fingerprint density at radius 2 is 2.16 bits per heavy atom. The highest BCUT2D eigenvalue weighted by Gasteiger charge is 2.33. The molecule has 0 aliphatic carbocycles. The van der Waals surface area contributed by atoms with Crippen molar-refractivity contribution in [1.29, 1.82) is 0 Å². The van der Waals surface area contributed by atoms with E-state index in [4.69, 9.17) is 0 Å². The summed E-state index contributed by atoms with van der Waals surface area (Å²) in [6, 6.07) is 4.89. The lowest BCUT2D eigenvalue weighted by atomic mass is 10.0. The van der Waals surface area contributed by atoms with Crippen molar-refractivity contribution in [3.05, 3.63) is 29.3 Å². The first-order valence-corrected chi connectivity index (χ1v) is 6.23. The number of rotatable bonds is 3. The minimum Gasteiger partial charge on any atom is -0.350 e. The molecule has 1 saturated heterocycles. The molecule has 1 atom stereocenters. The number of benzene rings is 1. The summed E-state index contributed by atoms with van der Waals surface area (Å²) < 4.78 is 0. The number of aldehydes is 1. The number of carbonyl (C=O) groups is 3. The standard InChI is InChI=1S/C14H16N2O3/c1-3-11-14(19)15-13(18)7-16(11)12-5-4-10(8-17)6-9(12)2/h4-6,8,11H,3,7H2,1-2H3,(H,15,18,19). The van der Waals surface area contributed by atoms with Crippen LogP contribution in [-0.2, 0) is 9.59 Å². The number of piperazine rings is 1. The number of imide groups is 1. The molecule has 1 aromatic rings. The van der Waals surface area contributed by atoms with Crippen LogP contribution in [0.15, 0.2) is 18.2 Å². The highest BCUT2D eigenvalue weighted by molar-refractivity contribution is 6.04. The second kappa shape index (κ2) is 5.22. The van der Waals surface area contributed by atoms with Crippen LogP contribution in [0.25, 0.3) is 0 Å². The maximum absolute atomic E-state index is 11.8. The molecule has 0 saturated carbocycles. The fourth-order valence-corrected chi connectivity index (χ4v) is 2.40. The van der Waals surface area contributed by atoms with Crippen LogP contribution in [0.3, 0.4) is 0 Å². The van der Waals surface area contributed by atoms with Crippen molar-refractivity contribution in [3.8, 4) is 0 Å². The van der Waals surface area contributed by atoms with Crippen molar-refractivity contribution in [2.75, 3.05) is 11.4 Å². The van der Waals surface area contributed by atoms with Gasteiger partial charge in [-0.05, 0) is 37.1 Å². The van der Waals surface area contributed by atoms with E-state index in [1.807, 2.05) is 13.8 Å². The van der Waals surface area contributed by atoms with Crippen LogP contribution in [0.4, 0.5) is 5.69 Å². The molecule has 1 fully saturated rings. The van der Waals surface area contributed by atoms with Crippen molar-refractivity contribution < 1.29 is 14.4 Å². The molecule has 2 rings (SSSR count). The van der Waals surface area contributed by atoms with Crippen LogP contribution in [0.2, 0.25) is 0 Å². The zero-order chi connectivity index (χ0) is 14.0. The van der Waals surface area contributed by atoms with Gasteiger partial charge in [-0.3, -0.25) is 19.7 Å². The molecule has 19 heavy (non-hydrogen) atoms. The van der Waals surface area contributed by atoms with E-state index in [1.54, 1.807) is 23.1 Å². The number of carbonyl (C=O) groups excluding carboxylic acids is 3. The molecule has 0 bridgehead atoms. The summed E-state index contributed by atoms with van der Waals surface area (Å²) >= 11 is 0. The van der Waals surface area contributed by atoms with Gasteiger partial charge in [-0.1, -0.05) is 6.92 Å². The van der Waals surface area contributed by atoms with E-state index in [2.05, 4.69) is 5.32 Å². The summed E-state index contributed by atoms with van der Waals surface area (Å²) in [6.45, 7) is 3.93. The number of amides is 2. The fourth-order valence-electron chi connectivity index (χ4n) is 2.40. The van der Waals surface area contributed by atoms with E-state index in [1.165, 1.54) is 0 Å². The predicted octanol–water partition coefficient (Wildman–Crippen LogP) is 1.05. The minimum atomic E-state index is -0.349. The van der Waals surface area contributed by atoms with Crippen molar-refractivity contribution in [1.82, 2.24) is 5.32 Å². The fraction of sp³-hybridized carbons (Fsp3) is 0.357. The Balaban J connectivity index is 2.40. The Kier molecular flexibility index (Phi) is 3.64. The lowest BCUT2D eigenvalue weighted by Gasteiger charge is -2.36. The average molecular weight is 260 g/mol. The molecule has 1 unspecified atom stereocenters. The topological polar surface area (TPSA) is 66.5 Å². The molecule has 5 heteroatoms. The first kappa shape index (κ1) is 13.3. The summed E-state index contributed by atoms with van der Waals surface area (Å²) in [7, 11) is 0. The third kappa shape index (κ3) is 2.50. The summed E-state index contributed by atoms with van der Waals surface area (Å²) in [6.07, 6.45) is 1.40. The maximum Gasteiger partial charge on any atom is 0.249 e. The molecule has 1 heterocycles. The van der Waals surface area contributed by atoms with Crippen LogP contribution in [0.5, 0.6) is 0 Å². The lowest BCUT2D eigenvalue weighted by molar-refractivity contribution is -0.132. The Hall–Kier alpha value is -2.17. The van der Waals surface area contributed by atoms with E-state index < -0.39 is 0 Å². The normalized spacial score (nSPS) is 19.3. The van der Waals surface area contributed by atoms with E-state index in [-0.39, 0.29) is 24.4 Å². The number of hydrogen-bond donors (Lipinski definition) is 1. The molecule has 1 aliphatic heterocycles. The molecule has 2 amide bonds. The molecule has 5 nitrogen and oxygen atoms in total. The van der Waals surface area contributed by atoms with E-state index in [0.29, 0.717) is 12.0 Å². The lowest BCUT2D eigenvalue weighted by Crippen LogP contribution is -2.58. The first-order chi connectivity index (χ1) is 9.06. The quantitative estimate of drug-likeness (QED) is 0.651. The third-order valence-corrected chi connectivity index (χ3v) is 3.31. The highest BCUT2D eigenvalue weighted by Crippen LogP contribution is 2.25. The van der Waals surface area contributed by atoms with Gasteiger partial charge >= 0.3 is 0 Å². The SMILES string of the molecule is CCC1C(=O)NC(=O)CN1c1ccc(C=O)cc1C. The summed E-state index contributed by atoms with van der Waals surface area (Å²) in [5.74, 6) is -0.564. The van der Waals surface area contributed by atoms with E-state index in [9.17, 15) is 14.4 Å². The Morgan fingerprint density at radius 3 is 2.74 bits per heavy atom. The summed E-state index contributed by atoms with van der Waals surface area (Å²) in [4.78, 5) is 35.9. The second-order valence-corrected chi connectivity index (χ2v) is 4.63. The zero-order valence-electron chi connectivity index (χ0n) is 11.0. The molecule has 0 radical (unpaired) electrons. The van der Waals surface area contributed by atoms with Crippen molar-refractivity contribution in [3.63, 3.8) is 0 Å². The number of nitrogens with zero attached hydrogens (tertiary/aromatic N) is 1. The number of nitrogens with one attached hydrogen (secondary N) is 1. The largest absolute Gasteiger partial charge is 0.350 e. The van der Waals surface area contributed by atoms with E-state index >= 15 is 0 Å². The van der Waals surface area contributed by atoms with Gasteiger partial charge in [0.2, 0.25) is 11.8 Å². The smallest absolute Gasteiger partial charge is 0.249 e. The Labute approximate surface area is 111 Å². The van der Waals surface area contributed by atoms with Crippen LogP contribution in [0, 0.1) is 6.92 Å². The van der Waals surface area contributed by atoms with Crippen LogP contribution in [-0.4, -0.2) is 30.7 Å². The maximum atomic E-state index is 11.8. The molecule has 0 aromatic heterocycles. The summed E-state index contributed by atoms with van der Waals surface area (Å²) in [5.41, 5.74) is 2.29. The zero-order valence-corrected chi connectivity index (χ0v) is 11.0. The van der Waals surface area contributed by atoms with Gasteiger partial charge in [0.05, 0.1) is 6.54 Å². The Morgan fingerprint density at radius 1 is 1.42 bits per heavy atom. The van der Waals surface area contributed by atoms with Gasteiger partial charge in [-0.25, -0.2) is 0 Å². The predicted molar refractivity (Wildman–Crippen MR) is 71.1 cm³/mol. The molecule has 1 aliphatic rings. The highest BCUT2D eigenvalue weighted by atomic mass is 16.2. The van der Waals surface area contributed by atoms with Crippen LogP contribution in [0.1, 0.15) is 29.3 Å². The van der Waals surface area contributed by atoms with Gasteiger partial charge in [0.15, 0.2) is 0 Å². The van der Waals surface area contributed by atoms with Gasteiger partial charge in [-0.2, -0.15) is 0 Å². The van der Waals surface area contributed by atoms with Gasteiger partial charge < -0.3 is 4.90 Å². The molecular formula is C14H16N2O3. The molecule has 1 aromatic carbocycles. The Bertz CT molecular complexity index is 539. The van der Waals surface area contributed by atoms with Gasteiger partial charge in [0.1, 0.15) is 12.3 Å². The number of aryl methyl sites for hydroxylation is 1. The minimum absolute atomic E-state index is 0.158. The van der Waals surface area contributed by atoms with Gasteiger partial charge in [-0.15, -0.1) is 0 Å². The van der Waals surface area contributed by atoms with Gasteiger partial charge in [0, 0.05) is 11.3 Å². The van der Waals surface area contributed by atoms with Crippen LogP contribution < -0.4 is 10.2 Å². The monoisotopic (exact) mass is 260 g/mol. The van der Waals surface area contributed by atoms with Gasteiger partial charge in [0.25, 0.3) is 0 Å². The van der Waals surface area contributed by atoms with Crippen molar-refractivity contribution in [2.24, 2.45) is 0 Å². The second-order valence-electron chi connectivity index (χ2n) is 4.63. The first-order valence-electron chi connectivity index (χ1n) is 6.23.